The summed E-state index contributed by atoms with van der Waals surface area (Å²) in [6, 6.07) is 0. The molecule has 1 aromatic rings. The number of H-pyrrole nitrogens is 1. The zero-order chi connectivity index (χ0) is 20.3. The Balaban J connectivity index is 1.72. The number of aliphatic hydroxyl groups excluding tert-OH is 2. The summed E-state index contributed by atoms with van der Waals surface area (Å²) in [6.07, 6.45) is 5.53. The van der Waals surface area contributed by atoms with E-state index in [1.54, 1.807) is 0 Å². The summed E-state index contributed by atoms with van der Waals surface area (Å²) in [7, 11) is 0. The van der Waals surface area contributed by atoms with Crippen LogP contribution in [0.5, 0.6) is 0 Å². The Morgan fingerprint density at radius 2 is 2.04 bits per heavy atom. The quantitative estimate of drug-likeness (QED) is 0.593. The summed E-state index contributed by atoms with van der Waals surface area (Å²) in [5.74, 6) is 0.449. The molecule has 0 aromatic carbocycles. The molecule has 2 fully saturated rings. The van der Waals surface area contributed by atoms with Gasteiger partial charge in [0, 0.05) is 24.5 Å². The minimum atomic E-state index is -0.510. The molecule has 28 heavy (non-hydrogen) atoms. The number of aliphatic hydroxyl groups is 2. The van der Waals surface area contributed by atoms with Crippen molar-refractivity contribution in [2.45, 2.75) is 52.4 Å². The fourth-order valence-electron chi connectivity index (χ4n) is 6.94. The molecule has 0 spiro atoms. The topological polar surface area (TPSA) is 112 Å². The highest BCUT2D eigenvalue weighted by Crippen LogP contribution is 2.62. The SMILES string of the molecule is C=C1CC[C@H]2[C@H](CO)[C@@H]([C@@]3(C)Cc4c(C(N)=O)n[nH]c4C[C@@H]3CO)CC[C@]12C. The van der Waals surface area contributed by atoms with E-state index in [2.05, 4.69) is 30.6 Å². The number of hydrogen-bond acceptors (Lipinski definition) is 4. The lowest BCUT2D eigenvalue weighted by Crippen LogP contribution is -2.52. The highest BCUT2D eigenvalue weighted by Gasteiger charge is 2.56. The fraction of sp³-hybridized carbons (Fsp3) is 0.727. The van der Waals surface area contributed by atoms with Crippen LogP contribution in [0.1, 0.15) is 61.3 Å². The summed E-state index contributed by atoms with van der Waals surface area (Å²) in [6.45, 7) is 9.13. The number of rotatable bonds is 4. The molecule has 0 saturated heterocycles. The van der Waals surface area contributed by atoms with Crippen molar-refractivity contribution in [2.24, 2.45) is 40.2 Å². The zero-order valence-corrected chi connectivity index (χ0v) is 17.0. The maximum Gasteiger partial charge on any atom is 0.269 e. The number of amides is 1. The molecule has 0 unspecified atom stereocenters. The molecule has 0 aliphatic heterocycles. The van der Waals surface area contributed by atoms with Crippen molar-refractivity contribution >= 4 is 5.91 Å². The average Bonchev–Trinajstić information content (AvgIpc) is 3.20. The van der Waals surface area contributed by atoms with E-state index in [9.17, 15) is 15.0 Å². The van der Waals surface area contributed by atoms with Gasteiger partial charge in [0.05, 0.1) is 0 Å². The number of aromatic amines is 1. The summed E-state index contributed by atoms with van der Waals surface area (Å²) in [5.41, 5.74) is 8.93. The van der Waals surface area contributed by atoms with Gasteiger partial charge in [-0.15, -0.1) is 0 Å². The number of allylic oxidation sites excluding steroid dienone is 1. The smallest absolute Gasteiger partial charge is 0.269 e. The third-order valence-corrected chi connectivity index (χ3v) is 8.80. The van der Waals surface area contributed by atoms with Crippen LogP contribution in [0.15, 0.2) is 12.2 Å². The second kappa shape index (κ2) is 6.70. The van der Waals surface area contributed by atoms with Crippen LogP contribution in [0.4, 0.5) is 0 Å². The van der Waals surface area contributed by atoms with Gasteiger partial charge >= 0.3 is 0 Å². The van der Waals surface area contributed by atoms with Crippen molar-refractivity contribution < 1.29 is 15.0 Å². The Morgan fingerprint density at radius 1 is 1.29 bits per heavy atom. The first-order valence-electron chi connectivity index (χ1n) is 10.5. The maximum absolute atomic E-state index is 11.9. The van der Waals surface area contributed by atoms with E-state index in [0.29, 0.717) is 24.5 Å². The first-order valence-corrected chi connectivity index (χ1v) is 10.5. The molecule has 6 atom stereocenters. The van der Waals surface area contributed by atoms with Crippen LogP contribution in [-0.4, -0.2) is 39.5 Å². The number of primary amides is 1. The minimum Gasteiger partial charge on any atom is -0.396 e. The number of fused-ring (bicyclic) bond motifs is 2. The Bertz CT molecular complexity index is 803. The maximum atomic E-state index is 11.9. The third-order valence-electron chi connectivity index (χ3n) is 8.80. The normalized spacial score (nSPS) is 40.2. The van der Waals surface area contributed by atoms with Gasteiger partial charge < -0.3 is 15.9 Å². The monoisotopic (exact) mass is 387 g/mol. The number of nitrogens with two attached hydrogens (primary N) is 1. The lowest BCUT2D eigenvalue weighted by atomic mass is 9.49. The molecule has 2 saturated carbocycles. The van der Waals surface area contributed by atoms with Gasteiger partial charge in [0.1, 0.15) is 0 Å². The lowest BCUT2D eigenvalue weighted by molar-refractivity contribution is -0.0737. The van der Waals surface area contributed by atoms with E-state index in [1.807, 2.05) is 0 Å². The van der Waals surface area contributed by atoms with E-state index in [4.69, 9.17) is 5.73 Å². The van der Waals surface area contributed by atoms with Crippen LogP contribution < -0.4 is 5.73 Å². The number of nitrogens with zero attached hydrogens (tertiary/aromatic N) is 1. The number of hydrogen-bond donors (Lipinski definition) is 4. The molecule has 6 nitrogen and oxygen atoms in total. The van der Waals surface area contributed by atoms with Crippen molar-refractivity contribution in [1.82, 2.24) is 10.2 Å². The van der Waals surface area contributed by atoms with Crippen molar-refractivity contribution in [1.29, 1.82) is 0 Å². The molecule has 6 heteroatoms. The first-order chi connectivity index (χ1) is 13.3. The van der Waals surface area contributed by atoms with Gasteiger partial charge in [0.2, 0.25) is 0 Å². The van der Waals surface area contributed by atoms with Crippen molar-refractivity contribution in [3.8, 4) is 0 Å². The predicted octanol–water partition coefficient (Wildman–Crippen LogP) is 2.21. The summed E-state index contributed by atoms with van der Waals surface area (Å²) >= 11 is 0. The molecule has 0 bridgehead atoms. The zero-order valence-electron chi connectivity index (χ0n) is 17.0. The molecule has 5 N–H and O–H groups in total. The first kappa shape index (κ1) is 19.6. The third kappa shape index (κ3) is 2.61. The highest BCUT2D eigenvalue weighted by atomic mass is 16.3. The molecule has 1 aromatic heterocycles. The van der Waals surface area contributed by atoms with Gasteiger partial charge in [0.15, 0.2) is 5.69 Å². The molecule has 1 amide bonds. The summed E-state index contributed by atoms with van der Waals surface area (Å²) < 4.78 is 0. The highest BCUT2D eigenvalue weighted by molar-refractivity contribution is 5.92. The molecule has 0 radical (unpaired) electrons. The molecule has 154 valence electrons. The average molecular weight is 388 g/mol. The van der Waals surface area contributed by atoms with Gasteiger partial charge in [0.25, 0.3) is 5.91 Å². The van der Waals surface area contributed by atoms with Gasteiger partial charge in [-0.2, -0.15) is 5.10 Å². The fourth-order valence-corrected chi connectivity index (χ4v) is 6.94. The van der Waals surface area contributed by atoms with Crippen LogP contribution in [0.2, 0.25) is 0 Å². The lowest BCUT2D eigenvalue weighted by Gasteiger charge is -2.55. The number of nitrogens with one attached hydrogen (secondary N) is 1. The Labute approximate surface area is 166 Å². The number of carbonyl (C=O) groups is 1. The second-order valence-corrected chi connectivity index (χ2v) is 9.82. The van der Waals surface area contributed by atoms with Crippen molar-refractivity contribution in [2.75, 3.05) is 13.2 Å². The van der Waals surface area contributed by atoms with Crippen molar-refractivity contribution in [3.05, 3.63) is 29.1 Å². The standard InChI is InChI=1S/C22H33N3O3/c1-12-4-5-16-15(11-27)17(6-7-21(12,16)2)22(3)9-14-18(8-13(22)10-26)24-25-19(14)20(23)28/h13,15-17,26-27H,1,4-11H2,2-3H3,(H2,23,28)(H,24,25)/t13-,15+,16+,17+,21-,22+/m1/s1. The van der Waals surface area contributed by atoms with E-state index in [-0.39, 0.29) is 41.8 Å². The molecular weight excluding hydrogens is 354 g/mol. The Hall–Kier alpha value is -1.66. The molecule has 4 rings (SSSR count). The van der Waals surface area contributed by atoms with Gasteiger partial charge in [-0.05, 0) is 73.0 Å². The van der Waals surface area contributed by atoms with Gasteiger partial charge in [-0.25, -0.2) is 0 Å². The minimum absolute atomic E-state index is 0.0641. The van der Waals surface area contributed by atoms with Gasteiger partial charge in [-0.1, -0.05) is 26.0 Å². The summed E-state index contributed by atoms with van der Waals surface area (Å²) in [5, 5.41) is 27.8. The van der Waals surface area contributed by atoms with Crippen LogP contribution >= 0.6 is 0 Å². The molecular formula is C22H33N3O3. The molecule has 3 aliphatic carbocycles. The van der Waals surface area contributed by atoms with Crippen molar-refractivity contribution in [3.63, 3.8) is 0 Å². The predicted molar refractivity (Wildman–Crippen MR) is 106 cm³/mol. The van der Waals surface area contributed by atoms with Gasteiger partial charge in [-0.3, -0.25) is 9.89 Å². The van der Waals surface area contributed by atoms with E-state index in [0.717, 1.165) is 36.9 Å². The number of carbonyl (C=O) groups excluding carboxylic acids is 1. The number of aromatic nitrogens is 2. The van der Waals surface area contributed by atoms with E-state index < -0.39 is 5.91 Å². The molecule has 3 aliphatic rings. The van der Waals surface area contributed by atoms with Crippen LogP contribution in [0.25, 0.3) is 0 Å². The molecule has 1 heterocycles. The van der Waals surface area contributed by atoms with Crippen LogP contribution in [0, 0.1) is 34.5 Å². The Morgan fingerprint density at radius 3 is 2.68 bits per heavy atom. The van der Waals surface area contributed by atoms with E-state index in [1.165, 1.54) is 5.57 Å². The van der Waals surface area contributed by atoms with E-state index >= 15 is 0 Å². The largest absolute Gasteiger partial charge is 0.396 e. The summed E-state index contributed by atoms with van der Waals surface area (Å²) in [4.78, 5) is 11.9. The Kier molecular flexibility index (Phi) is 4.70. The van der Waals surface area contributed by atoms with Crippen LogP contribution in [0.3, 0.4) is 0 Å². The second-order valence-electron chi connectivity index (χ2n) is 9.82. The van der Waals surface area contributed by atoms with Crippen LogP contribution in [-0.2, 0) is 12.8 Å².